The number of rotatable bonds is 5. The lowest BCUT2D eigenvalue weighted by molar-refractivity contribution is -0.136. The first-order chi connectivity index (χ1) is 8.24. The second-order valence-electron chi connectivity index (χ2n) is 3.48. The van der Waals surface area contributed by atoms with Gasteiger partial charge in [-0.15, -0.1) is 11.3 Å². The molecule has 0 aliphatic heterocycles. The van der Waals surface area contributed by atoms with Gasteiger partial charge >= 0.3 is 5.97 Å². The number of benzene rings is 1. The highest BCUT2D eigenvalue weighted by molar-refractivity contribution is 7.07. The van der Waals surface area contributed by atoms with Crippen molar-refractivity contribution in [1.82, 2.24) is 4.98 Å². The number of carboxylic acid groups (broad SMARTS) is 1. The minimum Gasteiger partial charge on any atom is -0.487 e. The van der Waals surface area contributed by atoms with Gasteiger partial charge in [-0.3, -0.25) is 4.79 Å². The third kappa shape index (κ3) is 3.57. The molecule has 2 aromatic rings. The maximum Gasteiger partial charge on any atom is 0.307 e. The Labute approximate surface area is 103 Å². The molecular formula is C12H11NO3S. The van der Waals surface area contributed by atoms with Crippen LogP contribution < -0.4 is 4.74 Å². The minimum absolute atomic E-state index is 0.0341. The van der Waals surface area contributed by atoms with Crippen LogP contribution in [0.1, 0.15) is 11.3 Å². The van der Waals surface area contributed by atoms with Gasteiger partial charge in [-0.05, 0) is 17.7 Å². The van der Waals surface area contributed by atoms with Gasteiger partial charge < -0.3 is 9.84 Å². The van der Waals surface area contributed by atoms with Crippen molar-refractivity contribution < 1.29 is 14.6 Å². The molecule has 0 fully saturated rings. The van der Waals surface area contributed by atoms with E-state index in [1.54, 1.807) is 29.8 Å². The molecule has 0 spiro atoms. The van der Waals surface area contributed by atoms with E-state index in [0.29, 0.717) is 12.4 Å². The van der Waals surface area contributed by atoms with Gasteiger partial charge in [0, 0.05) is 5.38 Å². The average molecular weight is 249 g/mol. The van der Waals surface area contributed by atoms with Crippen LogP contribution >= 0.6 is 11.3 Å². The number of thiazole rings is 1. The number of carbonyl (C=O) groups is 1. The zero-order chi connectivity index (χ0) is 12.1. The first kappa shape index (κ1) is 11.6. The Hall–Kier alpha value is -1.88. The molecule has 4 nitrogen and oxygen atoms in total. The van der Waals surface area contributed by atoms with Crippen molar-refractivity contribution in [1.29, 1.82) is 0 Å². The van der Waals surface area contributed by atoms with Crippen LogP contribution in [0.2, 0.25) is 0 Å². The van der Waals surface area contributed by atoms with E-state index in [9.17, 15) is 4.79 Å². The molecule has 2 rings (SSSR count). The fourth-order valence-electron chi connectivity index (χ4n) is 1.34. The maximum atomic E-state index is 10.5. The molecule has 0 saturated heterocycles. The van der Waals surface area contributed by atoms with Crippen molar-refractivity contribution in [3.05, 3.63) is 46.4 Å². The van der Waals surface area contributed by atoms with Crippen LogP contribution in [0.5, 0.6) is 5.75 Å². The van der Waals surface area contributed by atoms with Gasteiger partial charge in [-0.1, -0.05) is 12.1 Å². The topological polar surface area (TPSA) is 59.4 Å². The van der Waals surface area contributed by atoms with Gasteiger partial charge in [-0.25, -0.2) is 4.98 Å². The lowest BCUT2D eigenvalue weighted by atomic mass is 10.1. The summed E-state index contributed by atoms with van der Waals surface area (Å²) in [4.78, 5) is 14.6. The van der Waals surface area contributed by atoms with Gasteiger partial charge in [-0.2, -0.15) is 0 Å². The highest BCUT2D eigenvalue weighted by Gasteiger charge is 2.01. The number of hydrogen-bond acceptors (Lipinski definition) is 4. The number of nitrogens with zero attached hydrogens (tertiary/aromatic N) is 1. The Bertz CT molecular complexity index is 479. The number of ether oxygens (including phenoxy) is 1. The van der Waals surface area contributed by atoms with Crippen LogP contribution in [0.4, 0.5) is 0 Å². The molecule has 0 aliphatic rings. The van der Waals surface area contributed by atoms with Gasteiger partial charge in [0.25, 0.3) is 0 Å². The molecule has 88 valence electrons. The largest absolute Gasteiger partial charge is 0.487 e. The highest BCUT2D eigenvalue weighted by Crippen LogP contribution is 2.14. The van der Waals surface area contributed by atoms with Crippen LogP contribution in [0.15, 0.2) is 35.2 Å². The number of aliphatic carboxylic acids is 1. The number of hydrogen-bond donors (Lipinski definition) is 1. The predicted molar refractivity (Wildman–Crippen MR) is 64.2 cm³/mol. The predicted octanol–water partition coefficient (Wildman–Crippen LogP) is 2.35. The van der Waals surface area contributed by atoms with Crippen LogP contribution in [0.3, 0.4) is 0 Å². The fraction of sp³-hybridized carbons (Fsp3) is 0.167. The standard InChI is InChI=1S/C12H11NO3S/c14-12(15)5-9-1-3-11(4-2-9)16-6-10-7-17-8-13-10/h1-4,7-8H,5-6H2,(H,14,15). The molecule has 17 heavy (non-hydrogen) atoms. The summed E-state index contributed by atoms with van der Waals surface area (Å²) < 4.78 is 5.51. The van der Waals surface area contributed by atoms with Crippen molar-refractivity contribution >= 4 is 17.3 Å². The summed E-state index contributed by atoms with van der Waals surface area (Å²) in [6, 6.07) is 7.05. The van der Waals surface area contributed by atoms with Crippen LogP contribution in [-0.2, 0) is 17.8 Å². The molecule has 1 aromatic heterocycles. The molecule has 1 aromatic carbocycles. The second-order valence-corrected chi connectivity index (χ2v) is 4.20. The smallest absolute Gasteiger partial charge is 0.307 e. The van der Waals surface area contributed by atoms with E-state index < -0.39 is 5.97 Å². The summed E-state index contributed by atoms with van der Waals surface area (Å²) in [5.74, 6) is -0.117. The molecule has 0 amide bonds. The Morgan fingerprint density at radius 1 is 1.35 bits per heavy atom. The van der Waals surface area contributed by atoms with Crippen LogP contribution in [0, 0.1) is 0 Å². The second kappa shape index (κ2) is 5.45. The van der Waals surface area contributed by atoms with E-state index in [1.807, 2.05) is 5.38 Å². The fourth-order valence-corrected chi connectivity index (χ4v) is 1.89. The quantitative estimate of drug-likeness (QED) is 0.883. The van der Waals surface area contributed by atoms with Crippen LogP contribution in [-0.4, -0.2) is 16.1 Å². The molecular weight excluding hydrogens is 238 g/mol. The first-order valence-corrected chi connectivity index (χ1v) is 5.99. The van der Waals surface area contributed by atoms with E-state index in [-0.39, 0.29) is 6.42 Å². The van der Waals surface area contributed by atoms with E-state index in [1.165, 1.54) is 11.3 Å². The van der Waals surface area contributed by atoms with Gasteiger partial charge in [0.15, 0.2) is 0 Å². The molecule has 0 unspecified atom stereocenters. The zero-order valence-corrected chi connectivity index (χ0v) is 9.81. The Morgan fingerprint density at radius 3 is 2.71 bits per heavy atom. The molecule has 5 heteroatoms. The minimum atomic E-state index is -0.832. The lowest BCUT2D eigenvalue weighted by Crippen LogP contribution is -2.00. The van der Waals surface area contributed by atoms with Gasteiger partial charge in [0.1, 0.15) is 12.4 Å². The molecule has 1 heterocycles. The normalized spacial score (nSPS) is 10.1. The summed E-state index contributed by atoms with van der Waals surface area (Å²) in [7, 11) is 0. The van der Waals surface area contributed by atoms with E-state index in [2.05, 4.69) is 4.98 Å². The maximum absolute atomic E-state index is 10.5. The van der Waals surface area contributed by atoms with Crippen molar-refractivity contribution in [3.8, 4) is 5.75 Å². The van der Waals surface area contributed by atoms with E-state index >= 15 is 0 Å². The first-order valence-electron chi connectivity index (χ1n) is 5.04. The van der Waals surface area contributed by atoms with Crippen molar-refractivity contribution in [2.45, 2.75) is 13.0 Å². The van der Waals surface area contributed by atoms with Crippen LogP contribution in [0.25, 0.3) is 0 Å². The number of aromatic nitrogens is 1. The van der Waals surface area contributed by atoms with Crippen molar-refractivity contribution in [2.75, 3.05) is 0 Å². The summed E-state index contributed by atoms with van der Waals surface area (Å²) in [6.07, 6.45) is 0.0341. The summed E-state index contributed by atoms with van der Waals surface area (Å²) in [6.45, 7) is 0.432. The Morgan fingerprint density at radius 2 is 2.12 bits per heavy atom. The van der Waals surface area contributed by atoms with E-state index in [4.69, 9.17) is 9.84 Å². The zero-order valence-electron chi connectivity index (χ0n) is 9.00. The Balaban J connectivity index is 1.91. The molecule has 0 radical (unpaired) electrons. The number of carboxylic acids is 1. The summed E-state index contributed by atoms with van der Waals surface area (Å²) >= 11 is 1.53. The molecule has 0 atom stereocenters. The van der Waals surface area contributed by atoms with Gasteiger partial charge in [0.05, 0.1) is 17.6 Å². The summed E-state index contributed by atoms with van der Waals surface area (Å²) in [5.41, 5.74) is 3.41. The molecule has 0 bridgehead atoms. The van der Waals surface area contributed by atoms with E-state index in [0.717, 1.165) is 11.3 Å². The molecule has 0 aliphatic carbocycles. The third-order valence-electron chi connectivity index (χ3n) is 2.15. The molecule has 1 N–H and O–H groups in total. The Kier molecular flexibility index (Phi) is 3.72. The average Bonchev–Trinajstić information content (AvgIpc) is 2.80. The molecule has 0 saturated carbocycles. The summed E-state index contributed by atoms with van der Waals surface area (Å²) in [5, 5.41) is 10.6. The highest BCUT2D eigenvalue weighted by atomic mass is 32.1. The SMILES string of the molecule is O=C(O)Cc1ccc(OCc2cscn2)cc1. The van der Waals surface area contributed by atoms with Crippen molar-refractivity contribution in [2.24, 2.45) is 0 Å². The monoisotopic (exact) mass is 249 g/mol. The lowest BCUT2D eigenvalue weighted by Gasteiger charge is -2.04. The van der Waals surface area contributed by atoms with Gasteiger partial charge in [0.2, 0.25) is 0 Å². The van der Waals surface area contributed by atoms with Crippen molar-refractivity contribution in [3.63, 3.8) is 0 Å². The third-order valence-corrected chi connectivity index (χ3v) is 2.78.